The maximum absolute atomic E-state index is 11.4. The van der Waals surface area contributed by atoms with Crippen molar-refractivity contribution in [2.75, 3.05) is 0 Å². The van der Waals surface area contributed by atoms with Crippen LogP contribution < -0.4 is 10.5 Å². The van der Waals surface area contributed by atoms with Gasteiger partial charge < -0.3 is 5.32 Å². The third-order valence-corrected chi connectivity index (χ3v) is 5.47. The van der Waals surface area contributed by atoms with Crippen LogP contribution in [0, 0.1) is 6.92 Å². The summed E-state index contributed by atoms with van der Waals surface area (Å²) in [6.45, 7) is 6.20. The Hall–Kier alpha value is -1.21. The van der Waals surface area contributed by atoms with Crippen molar-refractivity contribution < 1.29 is 8.42 Å². The summed E-state index contributed by atoms with van der Waals surface area (Å²) in [5.74, 6) is 0. The third-order valence-electron chi connectivity index (χ3n) is 3.37. The minimum Gasteiger partial charge on any atom is -0.303 e. The summed E-state index contributed by atoms with van der Waals surface area (Å²) in [5, 5.41) is 8.65. The van der Waals surface area contributed by atoms with E-state index in [9.17, 15) is 8.42 Å². The van der Waals surface area contributed by atoms with E-state index in [0.29, 0.717) is 0 Å². The Kier molecular flexibility index (Phi) is 4.83. The molecule has 0 aliphatic heterocycles. The summed E-state index contributed by atoms with van der Waals surface area (Å²) < 4.78 is 22.8. The van der Waals surface area contributed by atoms with E-state index in [0.717, 1.165) is 5.56 Å². The van der Waals surface area contributed by atoms with E-state index >= 15 is 0 Å². The SMILES string of the molecule is Cc1ccc(C(C)NC(C)c2cccc(S(N)(=O)=O)c2)s1. The van der Waals surface area contributed by atoms with Crippen LogP contribution in [0.25, 0.3) is 0 Å². The van der Waals surface area contributed by atoms with Gasteiger partial charge in [0.15, 0.2) is 0 Å². The van der Waals surface area contributed by atoms with Crippen molar-refractivity contribution in [1.82, 2.24) is 5.32 Å². The lowest BCUT2D eigenvalue weighted by molar-refractivity contribution is 0.499. The molecule has 3 N–H and O–H groups in total. The second-order valence-corrected chi connectivity index (χ2v) is 8.06. The number of hydrogen-bond donors (Lipinski definition) is 2. The van der Waals surface area contributed by atoms with E-state index in [1.807, 2.05) is 13.0 Å². The van der Waals surface area contributed by atoms with Crippen molar-refractivity contribution in [3.8, 4) is 0 Å². The standard InChI is InChI=1S/C15H20N2O2S2/c1-10-7-8-15(20-10)12(3)17-11(2)13-5-4-6-14(9-13)21(16,18)19/h4-9,11-12,17H,1-3H3,(H2,16,18,19). The largest absolute Gasteiger partial charge is 0.303 e. The number of nitrogens with two attached hydrogens (primary N) is 1. The maximum atomic E-state index is 11.4. The Labute approximate surface area is 130 Å². The molecule has 1 aromatic heterocycles. The summed E-state index contributed by atoms with van der Waals surface area (Å²) >= 11 is 1.76. The highest BCUT2D eigenvalue weighted by Crippen LogP contribution is 2.25. The van der Waals surface area contributed by atoms with E-state index in [1.54, 1.807) is 23.5 Å². The third kappa shape index (κ3) is 4.14. The number of benzene rings is 1. The van der Waals surface area contributed by atoms with Gasteiger partial charge in [-0.05, 0) is 50.6 Å². The summed E-state index contributed by atoms with van der Waals surface area (Å²) in [6, 6.07) is 11.2. The molecule has 0 amide bonds. The first-order valence-electron chi connectivity index (χ1n) is 6.72. The molecule has 0 bridgehead atoms. The molecule has 21 heavy (non-hydrogen) atoms. The minimum atomic E-state index is -3.66. The van der Waals surface area contributed by atoms with E-state index < -0.39 is 10.0 Å². The molecule has 1 aromatic carbocycles. The molecule has 4 nitrogen and oxygen atoms in total. The molecule has 0 saturated heterocycles. The van der Waals surface area contributed by atoms with Crippen LogP contribution in [-0.4, -0.2) is 8.42 Å². The lowest BCUT2D eigenvalue weighted by atomic mass is 10.1. The molecule has 2 unspecified atom stereocenters. The Balaban J connectivity index is 2.15. The summed E-state index contributed by atoms with van der Waals surface area (Å²) in [7, 11) is -3.66. The second-order valence-electron chi connectivity index (χ2n) is 5.18. The predicted molar refractivity (Wildman–Crippen MR) is 86.8 cm³/mol. The molecule has 0 spiro atoms. The van der Waals surface area contributed by atoms with Gasteiger partial charge in [-0.2, -0.15) is 0 Å². The molecule has 1 heterocycles. The quantitative estimate of drug-likeness (QED) is 0.887. The molecule has 0 saturated carbocycles. The Bertz CT molecular complexity index is 723. The first-order valence-corrected chi connectivity index (χ1v) is 9.09. The van der Waals surface area contributed by atoms with Gasteiger partial charge in [-0.25, -0.2) is 13.6 Å². The van der Waals surface area contributed by atoms with Crippen molar-refractivity contribution in [3.05, 3.63) is 51.7 Å². The van der Waals surface area contributed by atoms with E-state index in [4.69, 9.17) is 5.14 Å². The maximum Gasteiger partial charge on any atom is 0.238 e. The van der Waals surface area contributed by atoms with E-state index in [2.05, 4.69) is 31.3 Å². The number of nitrogens with one attached hydrogen (secondary N) is 1. The van der Waals surface area contributed by atoms with Crippen LogP contribution >= 0.6 is 11.3 Å². The van der Waals surface area contributed by atoms with Crippen LogP contribution in [-0.2, 0) is 10.0 Å². The van der Waals surface area contributed by atoms with Gasteiger partial charge in [-0.1, -0.05) is 12.1 Å². The Morgan fingerprint density at radius 3 is 2.43 bits per heavy atom. The van der Waals surface area contributed by atoms with Crippen molar-refractivity contribution in [2.45, 2.75) is 37.8 Å². The van der Waals surface area contributed by atoms with Crippen molar-refractivity contribution in [3.63, 3.8) is 0 Å². The minimum absolute atomic E-state index is 0.0316. The van der Waals surface area contributed by atoms with Crippen LogP contribution in [0.15, 0.2) is 41.3 Å². The number of thiophene rings is 1. The Morgan fingerprint density at radius 1 is 1.14 bits per heavy atom. The fourth-order valence-electron chi connectivity index (χ4n) is 2.20. The molecular formula is C15H20N2O2S2. The molecule has 0 radical (unpaired) electrons. The molecule has 2 aromatic rings. The lowest BCUT2D eigenvalue weighted by Gasteiger charge is -2.20. The zero-order valence-electron chi connectivity index (χ0n) is 12.3. The fraction of sp³-hybridized carbons (Fsp3) is 0.333. The fourth-order valence-corrected chi connectivity index (χ4v) is 3.66. The van der Waals surface area contributed by atoms with Gasteiger partial charge in [0, 0.05) is 21.8 Å². The number of aryl methyl sites for hydroxylation is 1. The topological polar surface area (TPSA) is 72.2 Å². The number of rotatable bonds is 5. The summed E-state index contributed by atoms with van der Waals surface area (Å²) in [5.41, 5.74) is 0.904. The second kappa shape index (κ2) is 6.27. The van der Waals surface area contributed by atoms with Crippen LogP contribution in [0.1, 0.15) is 41.2 Å². The molecule has 0 aliphatic rings. The van der Waals surface area contributed by atoms with E-state index in [1.165, 1.54) is 15.8 Å². The molecule has 2 atom stereocenters. The van der Waals surface area contributed by atoms with Crippen LogP contribution in [0.3, 0.4) is 0 Å². The molecular weight excluding hydrogens is 304 g/mol. The zero-order valence-corrected chi connectivity index (χ0v) is 14.0. The van der Waals surface area contributed by atoms with Crippen molar-refractivity contribution >= 4 is 21.4 Å². The molecule has 0 fully saturated rings. The lowest BCUT2D eigenvalue weighted by Crippen LogP contribution is -2.22. The average molecular weight is 324 g/mol. The van der Waals surface area contributed by atoms with Gasteiger partial charge in [0.1, 0.15) is 0 Å². The predicted octanol–water partition coefficient (Wildman–Crippen LogP) is 3.12. The normalized spacial score (nSPS) is 14.9. The van der Waals surface area contributed by atoms with Gasteiger partial charge in [0.05, 0.1) is 4.90 Å². The van der Waals surface area contributed by atoms with Gasteiger partial charge in [0.25, 0.3) is 0 Å². The van der Waals surface area contributed by atoms with Gasteiger partial charge in [-0.3, -0.25) is 0 Å². The zero-order chi connectivity index (χ0) is 15.6. The monoisotopic (exact) mass is 324 g/mol. The molecule has 0 aliphatic carbocycles. The molecule has 114 valence electrons. The highest BCUT2D eigenvalue weighted by molar-refractivity contribution is 7.89. The number of hydrogen-bond acceptors (Lipinski definition) is 4. The van der Waals surface area contributed by atoms with Crippen LogP contribution in [0.5, 0.6) is 0 Å². The average Bonchev–Trinajstić information content (AvgIpc) is 2.84. The first kappa shape index (κ1) is 16.2. The van der Waals surface area contributed by atoms with Gasteiger partial charge >= 0.3 is 0 Å². The highest BCUT2D eigenvalue weighted by Gasteiger charge is 2.15. The number of sulfonamides is 1. The number of primary sulfonamides is 1. The summed E-state index contributed by atoms with van der Waals surface area (Å²) in [6.07, 6.45) is 0. The Morgan fingerprint density at radius 2 is 1.86 bits per heavy atom. The van der Waals surface area contributed by atoms with Crippen molar-refractivity contribution in [2.24, 2.45) is 5.14 Å². The van der Waals surface area contributed by atoms with Crippen LogP contribution in [0.4, 0.5) is 0 Å². The van der Waals surface area contributed by atoms with Gasteiger partial charge in [-0.15, -0.1) is 11.3 Å². The summed E-state index contributed by atoms with van der Waals surface area (Å²) in [4.78, 5) is 2.69. The molecule has 6 heteroatoms. The first-order chi connectivity index (χ1) is 9.77. The van der Waals surface area contributed by atoms with E-state index in [-0.39, 0.29) is 17.0 Å². The van der Waals surface area contributed by atoms with Crippen LogP contribution in [0.2, 0.25) is 0 Å². The van der Waals surface area contributed by atoms with Gasteiger partial charge in [0.2, 0.25) is 10.0 Å². The molecule has 2 rings (SSSR count). The van der Waals surface area contributed by atoms with Crippen molar-refractivity contribution in [1.29, 1.82) is 0 Å². The highest BCUT2D eigenvalue weighted by atomic mass is 32.2. The smallest absolute Gasteiger partial charge is 0.238 e.